The Morgan fingerprint density at radius 1 is 1.50 bits per heavy atom. The summed E-state index contributed by atoms with van der Waals surface area (Å²) in [5.41, 5.74) is 6.65. The van der Waals surface area contributed by atoms with Gasteiger partial charge in [0.25, 0.3) is 5.56 Å². The maximum Gasteiger partial charge on any atom is 0.283 e. The monoisotopic (exact) mass is 368 g/mol. The van der Waals surface area contributed by atoms with E-state index < -0.39 is 0 Å². The largest absolute Gasteiger partial charge is 0.380 e. The van der Waals surface area contributed by atoms with Crippen LogP contribution < -0.4 is 16.6 Å². The lowest BCUT2D eigenvalue weighted by Crippen LogP contribution is -2.58. The summed E-state index contributed by atoms with van der Waals surface area (Å²) in [5.74, 6) is 2.17. The Bertz CT molecular complexity index is 627. The Morgan fingerprint density at radius 2 is 2.23 bits per heavy atom. The number of nitrogens with two attached hydrogens (primary N) is 1. The first-order valence-electron chi connectivity index (χ1n) is 8.08. The van der Waals surface area contributed by atoms with Gasteiger partial charge in [0.1, 0.15) is 4.47 Å². The molecular weight excluding hydrogens is 344 g/mol. The van der Waals surface area contributed by atoms with Crippen LogP contribution in [0.1, 0.15) is 33.6 Å². The highest BCUT2D eigenvalue weighted by Gasteiger charge is 2.56. The summed E-state index contributed by atoms with van der Waals surface area (Å²) in [6, 6.07) is 0.416. The van der Waals surface area contributed by atoms with Crippen LogP contribution in [0, 0.1) is 23.2 Å². The van der Waals surface area contributed by atoms with Crippen LogP contribution in [0.4, 0.5) is 5.69 Å². The average molecular weight is 369 g/mol. The lowest BCUT2D eigenvalue weighted by molar-refractivity contribution is -0.105. The predicted molar refractivity (Wildman–Crippen MR) is 91.8 cm³/mol. The highest BCUT2D eigenvalue weighted by molar-refractivity contribution is 9.10. The standard InChI is InChI=1S/C16H25BrN4O/c1-9-11-6-10(16(11,2)3)7-12(9)20-13-8-19-21(5-4-18)15(22)14(13)17/h8-12,20H,4-7,18H2,1-3H3/t9-,10+,11+,12+/m0/s1. The summed E-state index contributed by atoms with van der Waals surface area (Å²) in [6.45, 7) is 7.96. The van der Waals surface area contributed by atoms with Crippen LogP contribution in [-0.4, -0.2) is 22.4 Å². The number of rotatable bonds is 4. The molecule has 1 aromatic rings. The van der Waals surface area contributed by atoms with E-state index in [0.717, 1.165) is 17.5 Å². The highest BCUT2D eigenvalue weighted by atomic mass is 79.9. The molecule has 1 heterocycles. The molecule has 0 spiro atoms. The molecular formula is C16H25BrN4O. The number of fused-ring (bicyclic) bond motifs is 2. The van der Waals surface area contributed by atoms with E-state index in [0.29, 0.717) is 34.9 Å². The molecule has 3 fully saturated rings. The van der Waals surface area contributed by atoms with Gasteiger partial charge in [0.15, 0.2) is 0 Å². The van der Waals surface area contributed by atoms with Crippen molar-refractivity contribution in [2.45, 2.75) is 46.2 Å². The normalized spacial score (nSPS) is 32.4. The van der Waals surface area contributed by atoms with Gasteiger partial charge in [0.05, 0.1) is 18.4 Å². The number of hydrogen-bond acceptors (Lipinski definition) is 4. The Labute approximate surface area is 139 Å². The van der Waals surface area contributed by atoms with Crippen molar-refractivity contribution in [3.63, 3.8) is 0 Å². The van der Waals surface area contributed by atoms with Crippen molar-refractivity contribution in [1.29, 1.82) is 0 Å². The average Bonchev–Trinajstić information content (AvgIpc) is 2.48. The zero-order valence-electron chi connectivity index (χ0n) is 13.5. The molecule has 6 heteroatoms. The zero-order chi connectivity index (χ0) is 16.1. The van der Waals surface area contributed by atoms with E-state index in [1.165, 1.54) is 17.5 Å². The van der Waals surface area contributed by atoms with E-state index in [9.17, 15) is 4.79 Å². The molecule has 3 N–H and O–H groups in total. The Morgan fingerprint density at radius 3 is 2.82 bits per heavy atom. The minimum absolute atomic E-state index is 0.121. The van der Waals surface area contributed by atoms with Crippen molar-refractivity contribution in [3.05, 3.63) is 21.0 Å². The third kappa shape index (κ3) is 2.40. The molecule has 0 amide bonds. The van der Waals surface area contributed by atoms with Crippen LogP contribution in [0.5, 0.6) is 0 Å². The minimum atomic E-state index is -0.121. The number of nitrogens with zero attached hydrogens (tertiary/aromatic N) is 2. The topological polar surface area (TPSA) is 72.9 Å². The van der Waals surface area contributed by atoms with Gasteiger partial charge in [-0.05, 0) is 51.9 Å². The fourth-order valence-electron chi connectivity index (χ4n) is 4.39. The van der Waals surface area contributed by atoms with E-state index in [2.05, 4.69) is 47.1 Å². The van der Waals surface area contributed by atoms with Crippen LogP contribution in [0.2, 0.25) is 0 Å². The van der Waals surface area contributed by atoms with Gasteiger partial charge < -0.3 is 11.1 Å². The molecule has 0 aromatic carbocycles. The van der Waals surface area contributed by atoms with Crippen molar-refractivity contribution in [2.24, 2.45) is 28.9 Å². The molecule has 4 rings (SSSR count). The Hall–Kier alpha value is -0.880. The van der Waals surface area contributed by atoms with Gasteiger partial charge in [-0.1, -0.05) is 20.8 Å². The molecule has 4 atom stereocenters. The second-order valence-electron chi connectivity index (χ2n) is 7.40. The highest BCUT2D eigenvalue weighted by Crippen LogP contribution is 2.61. The third-order valence-corrected chi connectivity index (χ3v) is 6.79. The molecule has 1 aromatic heterocycles. The second-order valence-corrected chi connectivity index (χ2v) is 8.19. The first kappa shape index (κ1) is 16.0. The maximum absolute atomic E-state index is 12.2. The van der Waals surface area contributed by atoms with Crippen molar-refractivity contribution in [2.75, 3.05) is 11.9 Å². The van der Waals surface area contributed by atoms with E-state index in [1.807, 2.05) is 0 Å². The fourth-order valence-corrected chi connectivity index (χ4v) is 4.81. The maximum atomic E-state index is 12.2. The molecule has 3 saturated carbocycles. The molecule has 3 aliphatic rings. The second kappa shape index (κ2) is 5.64. The van der Waals surface area contributed by atoms with Crippen molar-refractivity contribution >= 4 is 21.6 Å². The molecule has 0 saturated heterocycles. The van der Waals surface area contributed by atoms with Gasteiger partial charge in [0.2, 0.25) is 0 Å². The molecule has 5 nitrogen and oxygen atoms in total. The van der Waals surface area contributed by atoms with Crippen molar-refractivity contribution < 1.29 is 0 Å². The van der Waals surface area contributed by atoms with Gasteiger partial charge in [-0.2, -0.15) is 5.10 Å². The summed E-state index contributed by atoms with van der Waals surface area (Å²) < 4.78 is 1.96. The minimum Gasteiger partial charge on any atom is -0.380 e. The lowest BCUT2D eigenvalue weighted by Gasteiger charge is -2.62. The summed E-state index contributed by atoms with van der Waals surface area (Å²) in [5, 5.41) is 7.76. The lowest BCUT2D eigenvalue weighted by atomic mass is 9.45. The van der Waals surface area contributed by atoms with E-state index >= 15 is 0 Å². The molecule has 3 aliphatic carbocycles. The SMILES string of the molecule is C[C@H]1[C@H]2C[C@H](C[C@H]1Nc1cnn(CCN)c(=O)c1Br)C2(C)C. The Kier molecular flexibility index (Phi) is 4.10. The number of anilines is 1. The van der Waals surface area contributed by atoms with Crippen LogP contribution in [0.15, 0.2) is 15.5 Å². The Balaban J connectivity index is 1.78. The van der Waals surface area contributed by atoms with Crippen LogP contribution >= 0.6 is 15.9 Å². The summed E-state index contributed by atoms with van der Waals surface area (Å²) in [4.78, 5) is 12.2. The predicted octanol–water partition coefficient (Wildman–Crippen LogP) is 2.45. The number of aromatic nitrogens is 2. The molecule has 2 bridgehead atoms. The van der Waals surface area contributed by atoms with Crippen LogP contribution in [0.25, 0.3) is 0 Å². The smallest absolute Gasteiger partial charge is 0.283 e. The molecule has 0 aliphatic heterocycles. The van der Waals surface area contributed by atoms with E-state index in [1.54, 1.807) is 6.20 Å². The number of nitrogens with one attached hydrogen (secondary N) is 1. The number of halogens is 1. The van der Waals surface area contributed by atoms with Gasteiger partial charge in [-0.3, -0.25) is 4.79 Å². The summed E-state index contributed by atoms with van der Waals surface area (Å²) in [6.07, 6.45) is 4.26. The van der Waals surface area contributed by atoms with E-state index in [-0.39, 0.29) is 5.56 Å². The molecule has 22 heavy (non-hydrogen) atoms. The van der Waals surface area contributed by atoms with E-state index in [4.69, 9.17) is 5.73 Å². The summed E-state index contributed by atoms with van der Waals surface area (Å²) in [7, 11) is 0. The van der Waals surface area contributed by atoms with Gasteiger partial charge in [-0.15, -0.1) is 0 Å². The quantitative estimate of drug-likeness (QED) is 0.855. The molecule has 122 valence electrons. The first-order chi connectivity index (χ1) is 10.4. The van der Waals surface area contributed by atoms with Crippen molar-refractivity contribution in [1.82, 2.24) is 9.78 Å². The van der Waals surface area contributed by atoms with Crippen LogP contribution in [-0.2, 0) is 6.54 Å². The summed E-state index contributed by atoms with van der Waals surface area (Å²) >= 11 is 3.42. The van der Waals surface area contributed by atoms with Crippen LogP contribution in [0.3, 0.4) is 0 Å². The van der Waals surface area contributed by atoms with Gasteiger partial charge in [-0.25, -0.2) is 4.68 Å². The molecule has 0 radical (unpaired) electrons. The first-order valence-corrected chi connectivity index (χ1v) is 8.87. The molecule has 0 unspecified atom stereocenters. The van der Waals surface area contributed by atoms with Gasteiger partial charge in [0, 0.05) is 12.6 Å². The zero-order valence-corrected chi connectivity index (χ0v) is 15.1. The number of hydrogen-bond donors (Lipinski definition) is 2. The third-order valence-electron chi connectivity index (χ3n) is 6.02. The van der Waals surface area contributed by atoms with Crippen molar-refractivity contribution in [3.8, 4) is 0 Å². The van der Waals surface area contributed by atoms with Gasteiger partial charge >= 0.3 is 0 Å². The fraction of sp³-hybridized carbons (Fsp3) is 0.750.